The van der Waals surface area contributed by atoms with Gasteiger partial charge in [-0.25, -0.2) is 9.18 Å². The third-order valence-electron chi connectivity index (χ3n) is 6.15. The molecule has 0 aliphatic heterocycles. The third kappa shape index (κ3) is 7.37. The second-order valence-electron chi connectivity index (χ2n) is 9.74. The van der Waals surface area contributed by atoms with Gasteiger partial charge in [-0.05, 0) is 80.1 Å². The van der Waals surface area contributed by atoms with Gasteiger partial charge in [0.25, 0.3) is 0 Å². The lowest BCUT2D eigenvalue weighted by Gasteiger charge is -2.28. The molecule has 0 bridgehead atoms. The van der Waals surface area contributed by atoms with Gasteiger partial charge in [-0.15, -0.1) is 0 Å². The topological polar surface area (TPSA) is 78.8 Å². The molecule has 0 heterocycles. The lowest BCUT2D eigenvalue weighted by atomic mass is 9.94. The molecular formula is C29H33ClFNO4. The van der Waals surface area contributed by atoms with Crippen molar-refractivity contribution in [1.82, 2.24) is 5.32 Å². The number of aliphatic hydroxyl groups is 1. The number of aromatic carboxylic acids is 1. The maximum absolute atomic E-state index is 13.9. The highest BCUT2D eigenvalue weighted by molar-refractivity contribution is 6.33. The summed E-state index contributed by atoms with van der Waals surface area (Å²) in [7, 11) is 0. The van der Waals surface area contributed by atoms with E-state index in [1.807, 2.05) is 51.1 Å². The first-order valence-electron chi connectivity index (χ1n) is 11.9. The summed E-state index contributed by atoms with van der Waals surface area (Å²) in [6, 6.07) is 17.8. The number of aliphatic hydroxyl groups excluding tert-OH is 1. The minimum Gasteiger partial charge on any atom is -0.478 e. The quantitative estimate of drug-likeness (QED) is 0.284. The van der Waals surface area contributed by atoms with Gasteiger partial charge in [-0.3, -0.25) is 0 Å². The van der Waals surface area contributed by atoms with Crippen LogP contribution < -0.4 is 5.32 Å². The monoisotopic (exact) mass is 513 g/mol. The predicted octanol–water partition coefficient (Wildman–Crippen LogP) is 6.20. The Morgan fingerprint density at radius 1 is 1.14 bits per heavy atom. The van der Waals surface area contributed by atoms with Crippen molar-refractivity contribution in [2.45, 2.75) is 51.9 Å². The van der Waals surface area contributed by atoms with Crippen molar-refractivity contribution in [1.29, 1.82) is 0 Å². The number of aryl methyl sites for hydroxylation is 1. The zero-order chi connectivity index (χ0) is 26.5. The summed E-state index contributed by atoms with van der Waals surface area (Å²) in [5.74, 6) is -1.29. The SMILES string of the molecule is Cc1ccc(CC(C)(C)NC[C@@H](O)COC(C)c2ccccc2-c2ccc(C(=O)O)c(Cl)c2)cc1F. The molecule has 7 heteroatoms. The van der Waals surface area contributed by atoms with Gasteiger partial charge in [0, 0.05) is 12.1 Å². The minimum atomic E-state index is -1.08. The zero-order valence-electron chi connectivity index (χ0n) is 21.0. The molecular weight excluding hydrogens is 481 g/mol. The Balaban J connectivity index is 1.59. The average molecular weight is 514 g/mol. The number of carboxylic acid groups (broad SMARTS) is 1. The lowest BCUT2D eigenvalue weighted by molar-refractivity contribution is -0.00397. The highest BCUT2D eigenvalue weighted by atomic mass is 35.5. The van der Waals surface area contributed by atoms with Crippen LogP contribution in [0.3, 0.4) is 0 Å². The van der Waals surface area contributed by atoms with Crippen molar-refractivity contribution in [3.05, 3.63) is 93.8 Å². The van der Waals surface area contributed by atoms with Crippen molar-refractivity contribution in [3.8, 4) is 11.1 Å². The van der Waals surface area contributed by atoms with E-state index in [2.05, 4.69) is 5.32 Å². The van der Waals surface area contributed by atoms with E-state index in [4.69, 9.17) is 16.3 Å². The molecule has 3 N–H and O–H groups in total. The fraction of sp³-hybridized carbons (Fsp3) is 0.345. The number of ether oxygens (including phenoxy) is 1. The Morgan fingerprint density at radius 3 is 2.53 bits per heavy atom. The molecule has 192 valence electrons. The van der Waals surface area contributed by atoms with Crippen LogP contribution in [0.5, 0.6) is 0 Å². The number of hydrogen-bond acceptors (Lipinski definition) is 4. The molecule has 0 radical (unpaired) electrons. The molecule has 0 aromatic heterocycles. The summed E-state index contributed by atoms with van der Waals surface area (Å²) >= 11 is 6.18. The fourth-order valence-electron chi connectivity index (χ4n) is 4.09. The number of rotatable bonds is 11. The molecule has 3 aromatic rings. The maximum atomic E-state index is 13.9. The number of nitrogens with one attached hydrogen (secondary N) is 1. The van der Waals surface area contributed by atoms with Crippen LogP contribution in [-0.2, 0) is 11.2 Å². The van der Waals surface area contributed by atoms with Gasteiger partial charge in [0.05, 0.1) is 29.4 Å². The summed E-state index contributed by atoms with van der Waals surface area (Å²) in [6.07, 6.45) is -0.444. The van der Waals surface area contributed by atoms with E-state index in [0.29, 0.717) is 18.5 Å². The first-order chi connectivity index (χ1) is 17.0. The van der Waals surface area contributed by atoms with Crippen molar-refractivity contribution < 1.29 is 24.1 Å². The third-order valence-corrected chi connectivity index (χ3v) is 6.46. The molecule has 36 heavy (non-hydrogen) atoms. The molecule has 0 saturated heterocycles. The van der Waals surface area contributed by atoms with Crippen molar-refractivity contribution in [2.24, 2.45) is 0 Å². The van der Waals surface area contributed by atoms with E-state index in [9.17, 15) is 19.4 Å². The molecule has 1 unspecified atom stereocenters. The second kappa shape index (κ2) is 12.0. The van der Waals surface area contributed by atoms with Crippen LogP contribution >= 0.6 is 11.6 Å². The Kier molecular flexibility index (Phi) is 9.25. The number of carbonyl (C=O) groups is 1. The first kappa shape index (κ1) is 27.8. The van der Waals surface area contributed by atoms with Crippen LogP contribution in [0.2, 0.25) is 5.02 Å². The van der Waals surface area contributed by atoms with E-state index in [-0.39, 0.29) is 34.7 Å². The van der Waals surface area contributed by atoms with Crippen molar-refractivity contribution in [2.75, 3.05) is 13.2 Å². The molecule has 0 aliphatic rings. The molecule has 5 nitrogen and oxygen atoms in total. The Bertz CT molecular complexity index is 1210. The normalized spacial score (nSPS) is 13.4. The standard InChI is InChI=1S/C29H33ClFNO4/c1-18-9-10-20(13-27(18)31)15-29(3,4)32-16-22(33)17-36-19(2)23-7-5-6-8-24(23)21-11-12-25(28(34)35)26(30)14-21/h5-14,19,22,32-33H,15-17H2,1-4H3,(H,34,35)/t19?,22-/m1/s1. The smallest absolute Gasteiger partial charge is 0.337 e. The van der Waals surface area contributed by atoms with E-state index < -0.39 is 12.1 Å². The summed E-state index contributed by atoms with van der Waals surface area (Å²) in [5.41, 5.74) is 3.78. The van der Waals surface area contributed by atoms with Gasteiger partial charge in [0.1, 0.15) is 5.82 Å². The van der Waals surface area contributed by atoms with Crippen molar-refractivity contribution in [3.63, 3.8) is 0 Å². The average Bonchev–Trinajstić information content (AvgIpc) is 2.83. The summed E-state index contributed by atoms with van der Waals surface area (Å²) in [5, 5.41) is 23.3. The lowest BCUT2D eigenvalue weighted by Crippen LogP contribution is -2.46. The zero-order valence-corrected chi connectivity index (χ0v) is 21.8. The molecule has 3 rings (SSSR count). The number of hydrogen-bond donors (Lipinski definition) is 3. The van der Waals surface area contributed by atoms with Crippen LogP contribution in [0.15, 0.2) is 60.7 Å². The first-order valence-corrected chi connectivity index (χ1v) is 12.3. The van der Waals surface area contributed by atoms with Gasteiger partial charge in [-0.2, -0.15) is 0 Å². The summed E-state index contributed by atoms with van der Waals surface area (Å²) in [4.78, 5) is 11.3. The highest BCUT2D eigenvalue weighted by Gasteiger charge is 2.21. The Labute approximate surface area is 216 Å². The van der Waals surface area contributed by atoms with Crippen LogP contribution in [-0.4, -0.2) is 41.0 Å². The molecule has 3 aromatic carbocycles. The van der Waals surface area contributed by atoms with Gasteiger partial charge in [-0.1, -0.05) is 54.1 Å². The number of halogens is 2. The maximum Gasteiger partial charge on any atom is 0.337 e. The van der Waals surface area contributed by atoms with E-state index in [1.165, 1.54) is 6.07 Å². The van der Waals surface area contributed by atoms with E-state index in [1.54, 1.807) is 31.2 Å². The van der Waals surface area contributed by atoms with E-state index >= 15 is 0 Å². The molecule has 2 atom stereocenters. The number of carboxylic acids is 1. The minimum absolute atomic E-state index is 0.0493. The number of β-amino-alcohol motifs (C(OH)–C–C–N with tert-alkyl or cyclic N) is 1. The summed E-state index contributed by atoms with van der Waals surface area (Å²) < 4.78 is 19.9. The van der Waals surface area contributed by atoms with E-state index in [0.717, 1.165) is 22.3 Å². The molecule has 0 aliphatic carbocycles. The van der Waals surface area contributed by atoms with Crippen molar-refractivity contribution >= 4 is 17.6 Å². The van der Waals surface area contributed by atoms with Crippen LogP contribution in [0.4, 0.5) is 4.39 Å². The Hall–Kier alpha value is -2.77. The van der Waals surface area contributed by atoms with Gasteiger partial charge in [0.2, 0.25) is 0 Å². The summed E-state index contributed by atoms with van der Waals surface area (Å²) in [6.45, 7) is 8.11. The van der Waals surface area contributed by atoms with Crippen LogP contribution in [0, 0.1) is 12.7 Å². The molecule has 0 amide bonds. The Morgan fingerprint density at radius 2 is 1.86 bits per heavy atom. The fourth-order valence-corrected chi connectivity index (χ4v) is 4.35. The van der Waals surface area contributed by atoms with Gasteiger partial charge in [0.15, 0.2) is 0 Å². The van der Waals surface area contributed by atoms with Crippen LogP contribution in [0.1, 0.15) is 53.9 Å². The predicted molar refractivity (Wildman–Crippen MR) is 141 cm³/mol. The number of benzene rings is 3. The molecule has 0 fully saturated rings. The highest BCUT2D eigenvalue weighted by Crippen LogP contribution is 2.32. The van der Waals surface area contributed by atoms with Crippen LogP contribution in [0.25, 0.3) is 11.1 Å². The van der Waals surface area contributed by atoms with Gasteiger partial charge < -0.3 is 20.3 Å². The molecule has 0 spiro atoms. The van der Waals surface area contributed by atoms with Gasteiger partial charge >= 0.3 is 5.97 Å². The molecule has 0 saturated carbocycles. The largest absolute Gasteiger partial charge is 0.478 e. The second-order valence-corrected chi connectivity index (χ2v) is 10.1.